The summed E-state index contributed by atoms with van der Waals surface area (Å²) in [5.74, 6) is -0.419. The minimum absolute atomic E-state index is 0.0286. The Kier molecular flexibility index (Phi) is 6.61. The van der Waals surface area contributed by atoms with Gasteiger partial charge in [-0.3, -0.25) is 14.4 Å². The first-order valence-electron chi connectivity index (χ1n) is 11.2. The summed E-state index contributed by atoms with van der Waals surface area (Å²) in [5.41, 5.74) is 1.91. The third kappa shape index (κ3) is 4.69. The largest absolute Gasteiger partial charge is 0.341 e. The van der Waals surface area contributed by atoms with Crippen molar-refractivity contribution >= 4 is 40.7 Å². The summed E-state index contributed by atoms with van der Waals surface area (Å²) in [6, 6.07) is 17.3. The van der Waals surface area contributed by atoms with E-state index in [0.29, 0.717) is 38.3 Å². The lowest BCUT2D eigenvalue weighted by atomic mass is 9.85. The normalized spacial score (nSPS) is 18.5. The van der Waals surface area contributed by atoms with E-state index >= 15 is 0 Å². The number of carbonyl (C=O) groups is 3. The van der Waals surface area contributed by atoms with Gasteiger partial charge in [-0.1, -0.05) is 30.3 Å². The van der Waals surface area contributed by atoms with Crippen molar-refractivity contribution in [2.24, 2.45) is 0 Å². The Morgan fingerprint density at radius 3 is 2.42 bits per heavy atom. The fraction of sp³-hybridized carbons (Fsp3) is 0.400. The highest BCUT2D eigenvalue weighted by molar-refractivity contribution is 6.30. The van der Waals surface area contributed by atoms with Gasteiger partial charge >= 0.3 is 0 Å². The molecule has 2 saturated heterocycles. The van der Waals surface area contributed by atoms with E-state index in [1.54, 1.807) is 16.7 Å². The van der Waals surface area contributed by atoms with Gasteiger partial charge in [0.1, 0.15) is 17.5 Å². The second kappa shape index (κ2) is 9.43. The predicted molar refractivity (Wildman–Crippen MR) is 129 cm³/mol. The van der Waals surface area contributed by atoms with Crippen LogP contribution < -0.4 is 10.2 Å². The molecule has 1 unspecified atom stereocenters. The number of benzene rings is 2. The van der Waals surface area contributed by atoms with Gasteiger partial charge in [0.05, 0.1) is 6.67 Å². The Labute approximate surface area is 199 Å². The van der Waals surface area contributed by atoms with Crippen molar-refractivity contribution in [1.82, 2.24) is 9.80 Å². The number of hydrogen-bond acceptors (Lipinski definition) is 4. The van der Waals surface area contributed by atoms with Crippen molar-refractivity contribution in [3.63, 3.8) is 0 Å². The number of nitrogens with zero attached hydrogens (tertiary/aromatic N) is 3. The zero-order chi connectivity index (χ0) is 23.6. The van der Waals surface area contributed by atoms with E-state index in [-0.39, 0.29) is 24.3 Å². The highest BCUT2D eigenvalue weighted by Gasteiger charge is 2.54. The van der Waals surface area contributed by atoms with Gasteiger partial charge in [-0.05, 0) is 56.5 Å². The Hall–Kier alpha value is -3.06. The van der Waals surface area contributed by atoms with E-state index in [4.69, 9.17) is 11.6 Å². The third-order valence-electron chi connectivity index (χ3n) is 6.46. The van der Waals surface area contributed by atoms with Crippen molar-refractivity contribution in [3.05, 3.63) is 60.2 Å². The lowest BCUT2D eigenvalue weighted by molar-refractivity contribution is -0.139. The molecule has 2 fully saturated rings. The van der Waals surface area contributed by atoms with Crippen LogP contribution in [0.4, 0.5) is 11.4 Å². The van der Waals surface area contributed by atoms with Crippen molar-refractivity contribution < 1.29 is 14.4 Å². The number of amides is 3. The number of alkyl halides is 1. The maximum atomic E-state index is 13.7. The zero-order valence-corrected chi connectivity index (χ0v) is 19.7. The molecule has 8 heteroatoms. The topological polar surface area (TPSA) is 73.0 Å². The molecule has 2 aromatic rings. The predicted octanol–water partition coefficient (Wildman–Crippen LogP) is 3.23. The first-order chi connectivity index (χ1) is 15.8. The Bertz CT molecular complexity index is 1030. The van der Waals surface area contributed by atoms with E-state index in [1.165, 1.54) is 0 Å². The minimum Gasteiger partial charge on any atom is -0.341 e. The number of carbonyl (C=O) groups excluding carboxylic acids is 3. The molecule has 3 amide bonds. The first kappa shape index (κ1) is 23.1. The molecule has 0 radical (unpaired) electrons. The number of piperidine rings is 1. The lowest BCUT2D eigenvalue weighted by Gasteiger charge is -2.43. The van der Waals surface area contributed by atoms with E-state index < -0.39 is 10.9 Å². The summed E-state index contributed by atoms with van der Waals surface area (Å²) < 4.78 is 0. The van der Waals surface area contributed by atoms with Crippen molar-refractivity contribution in [2.75, 3.05) is 36.5 Å². The van der Waals surface area contributed by atoms with Crippen LogP contribution in [-0.2, 0) is 14.4 Å². The molecule has 4 rings (SSSR count). The SMILES string of the molecule is Cc1cccc(NC(=O)CN2CN(c3ccccc3)C3(CCN(C(=O)C(C)Cl)CC3)C2=O)c1. The summed E-state index contributed by atoms with van der Waals surface area (Å²) in [5, 5.41) is 2.30. The lowest BCUT2D eigenvalue weighted by Crippen LogP contribution is -2.58. The number of likely N-dealkylation sites (tertiary alicyclic amines) is 1. The molecule has 33 heavy (non-hydrogen) atoms. The molecule has 2 aliphatic rings. The molecule has 2 aliphatic heterocycles. The van der Waals surface area contributed by atoms with E-state index in [0.717, 1.165) is 11.3 Å². The molecule has 2 heterocycles. The maximum Gasteiger partial charge on any atom is 0.250 e. The Morgan fingerprint density at radius 2 is 1.79 bits per heavy atom. The second-order valence-corrected chi connectivity index (χ2v) is 9.45. The molecule has 0 bridgehead atoms. The summed E-state index contributed by atoms with van der Waals surface area (Å²) in [6.07, 6.45) is 0.984. The Morgan fingerprint density at radius 1 is 1.09 bits per heavy atom. The molecule has 7 nitrogen and oxygen atoms in total. The number of nitrogens with one attached hydrogen (secondary N) is 1. The standard InChI is InChI=1S/C25H29ClN4O3/c1-18-7-6-8-20(15-18)27-22(31)16-29-17-30(21-9-4-3-5-10-21)25(24(29)33)11-13-28(14-12-25)23(32)19(2)26/h3-10,15,19H,11-14,16-17H2,1-2H3,(H,27,31). The van der Waals surface area contributed by atoms with E-state index in [9.17, 15) is 14.4 Å². The fourth-order valence-electron chi connectivity index (χ4n) is 4.77. The highest BCUT2D eigenvalue weighted by Crippen LogP contribution is 2.39. The smallest absolute Gasteiger partial charge is 0.250 e. The molecule has 1 atom stereocenters. The number of para-hydroxylation sites is 1. The number of aryl methyl sites for hydroxylation is 1. The van der Waals surface area contributed by atoms with Gasteiger partial charge < -0.3 is 20.0 Å². The van der Waals surface area contributed by atoms with Crippen LogP contribution in [0.1, 0.15) is 25.3 Å². The van der Waals surface area contributed by atoms with E-state index in [1.807, 2.05) is 61.5 Å². The van der Waals surface area contributed by atoms with Crippen LogP contribution in [0.3, 0.4) is 0 Å². The number of halogens is 1. The average Bonchev–Trinajstić information content (AvgIpc) is 3.05. The van der Waals surface area contributed by atoms with Crippen molar-refractivity contribution in [2.45, 2.75) is 37.6 Å². The van der Waals surface area contributed by atoms with Crippen LogP contribution in [-0.4, -0.2) is 64.7 Å². The van der Waals surface area contributed by atoms with Crippen LogP contribution in [0.2, 0.25) is 0 Å². The Balaban J connectivity index is 1.53. The van der Waals surface area contributed by atoms with Gasteiger partial charge in [0.2, 0.25) is 11.8 Å². The molecule has 174 valence electrons. The summed E-state index contributed by atoms with van der Waals surface area (Å²) in [4.78, 5) is 44.3. The fourth-order valence-corrected chi connectivity index (χ4v) is 4.91. The van der Waals surface area contributed by atoms with E-state index in [2.05, 4.69) is 10.2 Å². The van der Waals surface area contributed by atoms with Crippen molar-refractivity contribution in [3.8, 4) is 0 Å². The minimum atomic E-state index is -0.780. The quantitative estimate of drug-likeness (QED) is 0.684. The van der Waals surface area contributed by atoms with Crippen LogP contribution in [0, 0.1) is 6.92 Å². The molecular weight excluding hydrogens is 440 g/mol. The maximum absolute atomic E-state index is 13.7. The van der Waals surface area contributed by atoms with Gasteiger partial charge in [-0.25, -0.2) is 0 Å². The second-order valence-electron chi connectivity index (χ2n) is 8.80. The zero-order valence-electron chi connectivity index (χ0n) is 19.0. The number of hydrogen-bond donors (Lipinski definition) is 1. The highest BCUT2D eigenvalue weighted by atomic mass is 35.5. The van der Waals surface area contributed by atoms with Gasteiger partial charge in [-0.2, -0.15) is 0 Å². The van der Waals surface area contributed by atoms with Gasteiger partial charge in [-0.15, -0.1) is 11.6 Å². The number of anilines is 2. The van der Waals surface area contributed by atoms with Gasteiger partial charge in [0.25, 0.3) is 5.91 Å². The summed E-state index contributed by atoms with van der Waals surface area (Å²) in [6.45, 7) is 4.83. The van der Waals surface area contributed by atoms with Gasteiger partial charge in [0, 0.05) is 24.5 Å². The molecular formula is C25H29ClN4O3. The van der Waals surface area contributed by atoms with Crippen LogP contribution in [0.15, 0.2) is 54.6 Å². The molecule has 0 aromatic heterocycles. The molecule has 0 saturated carbocycles. The molecule has 1 N–H and O–H groups in total. The first-order valence-corrected chi connectivity index (χ1v) is 11.7. The molecule has 0 aliphatic carbocycles. The van der Waals surface area contributed by atoms with Crippen molar-refractivity contribution in [1.29, 1.82) is 0 Å². The third-order valence-corrected chi connectivity index (χ3v) is 6.65. The van der Waals surface area contributed by atoms with Gasteiger partial charge in [0.15, 0.2) is 0 Å². The monoisotopic (exact) mass is 468 g/mol. The molecule has 1 spiro atoms. The van der Waals surface area contributed by atoms with Crippen LogP contribution >= 0.6 is 11.6 Å². The summed E-state index contributed by atoms with van der Waals surface area (Å²) in [7, 11) is 0. The average molecular weight is 469 g/mol. The van der Waals surface area contributed by atoms with Crippen LogP contribution in [0.25, 0.3) is 0 Å². The summed E-state index contributed by atoms with van der Waals surface area (Å²) >= 11 is 6.00. The van der Waals surface area contributed by atoms with Crippen LogP contribution in [0.5, 0.6) is 0 Å². The molecule has 2 aromatic carbocycles. The number of rotatable bonds is 5.